The van der Waals surface area contributed by atoms with Gasteiger partial charge in [-0.2, -0.15) is 5.10 Å². The van der Waals surface area contributed by atoms with Gasteiger partial charge in [-0.05, 0) is 43.0 Å². The fourth-order valence-corrected chi connectivity index (χ4v) is 3.78. The Hall–Kier alpha value is -1.73. The van der Waals surface area contributed by atoms with Gasteiger partial charge in [0.1, 0.15) is 5.76 Å². The number of nitrogens with zero attached hydrogens (tertiary/aromatic N) is 2. The minimum absolute atomic E-state index is 0.119. The monoisotopic (exact) mass is 435 g/mol. The smallest absolute Gasteiger partial charge is 0.250 e. The zero-order valence-electron chi connectivity index (χ0n) is 14.5. The van der Waals surface area contributed by atoms with Crippen molar-refractivity contribution in [3.63, 3.8) is 0 Å². The SMILES string of the molecule is O=C(CSCc1ccc(Br)cc1)N/N=C/c1ccc(N2CCCCC2)o1. The summed E-state index contributed by atoms with van der Waals surface area (Å²) >= 11 is 4.97. The van der Waals surface area contributed by atoms with Gasteiger partial charge >= 0.3 is 0 Å². The highest BCUT2D eigenvalue weighted by atomic mass is 79.9. The van der Waals surface area contributed by atoms with Crippen molar-refractivity contribution in [2.24, 2.45) is 5.10 Å². The molecule has 3 rings (SSSR count). The number of rotatable bonds is 7. The van der Waals surface area contributed by atoms with E-state index in [0.29, 0.717) is 11.5 Å². The summed E-state index contributed by atoms with van der Waals surface area (Å²) in [5.41, 5.74) is 3.73. The van der Waals surface area contributed by atoms with E-state index in [9.17, 15) is 4.79 Å². The van der Waals surface area contributed by atoms with Crippen molar-refractivity contribution >= 4 is 45.7 Å². The third-order valence-corrected chi connectivity index (χ3v) is 5.61. The Morgan fingerprint density at radius 3 is 2.73 bits per heavy atom. The topological polar surface area (TPSA) is 57.8 Å². The first-order valence-electron chi connectivity index (χ1n) is 8.69. The normalized spacial score (nSPS) is 14.7. The van der Waals surface area contributed by atoms with Crippen LogP contribution in [0.2, 0.25) is 0 Å². The minimum Gasteiger partial charge on any atom is -0.440 e. The second kappa shape index (κ2) is 9.83. The lowest BCUT2D eigenvalue weighted by Gasteiger charge is -2.25. The van der Waals surface area contributed by atoms with E-state index in [2.05, 4.69) is 31.4 Å². The van der Waals surface area contributed by atoms with Crippen LogP contribution in [-0.4, -0.2) is 31.0 Å². The van der Waals surface area contributed by atoms with Crippen LogP contribution in [0.15, 0.2) is 50.4 Å². The molecule has 1 aliphatic rings. The molecule has 0 unspecified atom stereocenters. The molecule has 0 radical (unpaired) electrons. The van der Waals surface area contributed by atoms with Crippen molar-refractivity contribution in [2.45, 2.75) is 25.0 Å². The Morgan fingerprint density at radius 1 is 1.19 bits per heavy atom. The lowest BCUT2D eigenvalue weighted by atomic mass is 10.1. The number of hydrazone groups is 1. The number of thioether (sulfide) groups is 1. The van der Waals surface area contributed by atoms with Crippen LogP contribution in [0.3, 0.4) is 0 Å². The molecule has 138 valence electrons. The number of anilines is 1. The van der Waals surface area contributed by atoms with E-state index < -0.39 is 0 Å². The quantitative estimate of drug-likeness (QED) is 0.516. The first kappa shape index (κ1) is 19.0. The van der Waals surface area contributed by atoms with Crippen molar-refractivity contribution in [3.05, 3.63) is 52.2 Å². The van der Waals surface area contributed by atoms with E-state index in [1.165, 1.54) is 24.8 Å². The number of hydrogen-bond acceptors (Lipinski definition) is 5. The predicted octanol–water partition coefficient (Wildman–Crippen LogP) is 4.42. The molecule has 0 spiro atoms. The number of benzene rings is 1. The lowest BCUT2D eigenvalue weighted by Crippen LogP contribution is -2.28. The van der Waals surface area contributed by atoms with E-state index in [1.807, 2.05) is 36.4 Å². The highest BCUT2D eigenvalue weighted by molar-refractivity contribution is 9.10. The molecule has 1 N–H and O–H groups in total. The lowest BCUT2D eigenvalue weighted by molar-refractivity contribution is -0.118. The summed E-state index contributed by atoms with van der Waals surface area (Å²) in [6.07, 6.45) is 5.25. The molecular weight excluding hydrogens is 414 g/mol. The van der Waals surface area contributed by atoms with Crippen molar-refractivity contribution in [1.29, 1.82) is 0 Å². The van der Waals surface area contributed by atoms with Crippen LogP contribution < -0.4 is 10.3 Å². The van der Waals surface area contributed by atoms with Crippen LogP contribution in [0.4, 0.5) is 5.88 Å². The van der Waals surface area contributed by atoms with Crippen LogP contribution in [0, 0.1) is 0 Å². The van der Waals surface area contributed by atoms with E-state index >= 15 is 0 Å². The largest absolute Gasteiger partial charge is 0.440 e. The molecule has 1 aliphatic heterocycles. The van der Waals surface area contributed by atoms with Crippen LogP contribution >= 0.6 is 27.7 Å². The number of carbonyl (C=O) groups excluding carboxylic acids is 1. The maximum absolute atomic E-state index is 11.8. The molecule has 2 heterocycles. The zero-order valence-corrected chi connectivity index (χ0v) is 16.9. The van der Waals surface area contributed by atoms with Gasteiger partial charge in [-0.15, -0.1) is 11.8 Å². The van der Waals surface area contributed by atoms with Gasteiger partial charge in [0.2, 0.25) is 5.91 Å². The fourth-order valence-electron chi connectivity index (χ4n) is 2.74. The summed E-state index contributed by atoms with van der Waals surface area (Å²) in [7, 11) is 0. The van der Waals surface area contributed by atoms with Gasteiger partial charge in [0.05, 0.1) is 12.0 Å². The van der Waals surface area contributed by atoms with Crippen LogP contribution in [-0.2, 0) is 10.5 Å². The molecule has 1 amide bonds. The van der Waals surface area contributed by atoms with Crippen LogP contribution in [0.1, 0.15) is 30.6 Å². The Kier molecular flexibility index (Phi) is 7.20. The number of nitrogens with one attached hydrogen (secondary N) is 1. The Morgan fingerprint density at radius 2 is 1.96 bits per heavy atom. The maximum Gasteiger partial charge on any atom is 0.250 e. The zero-order chi connectivity index (χ0) is 18.2. The summed E-state index contributed by atoms with van der Waals surface area (Å²) in [6.45, 7) is 2.08. The predicted molar refractivity (Wildman–Crippen MR) is 111 cm³/mol. The van der Waals surface area contributed by atoms with E-state index in [1.54, 1.807) is 18.0 Å². The molecule has 7 heteroatoms. The van der Waals surface area contributed by atoms with E-state index in [0.717, 1.165) is 29.2 Å². The van der Waals surface area contributed by atoms with Crippen molar-refractivity contribution in [1.82, 2.24) is 5.43 Å². The molecule has 2 aromatic rings. The third-order valence-electron chi connectivity index (χ3n) is 4.08. The van der Waals surface area contributed by atoms with Crippen LogP contribution in [0.25, 0.3) is 0 Å². The molecule has 0 saturated carbocycles. The number of amides is 1. The molecule has 0 atom stereocenters. The second-order valence-electron chi connectivity index (χ2n) is 6.14. The number of furan rings is 1. The molecule has 1 aromatic heterocycles. The minimum atomic E-state index is -0.119. The average Bonchev–Trinajstić information content (AvgIpc) is 3.13. The van der Waals surface area contributed by atoms with E-state index in [-0.39, 0.29) is 5.91 Å². The van der Waals surface area contributed by atoms with Gasteiger partial charge in [0.15, 0.2) is 5.88 Å². The molecule has 1 aromatic carbocycles. The highest BCUT2D eigenvalue weighted by Crippen LogP contribution is 2.21. The average molecular weight is 436 g/mol. The van der Waals surface area contributed by atoms with Gasteiger partial charge in [0.25, 0.3) is 0 Å². The first-order chi connectivity index (χ1) is 12.7. The number of halogens is 1. The van der Waals surface area contributed by atoms with Gasteiger partial charge < -0.3 is 9.32 Å². The fraction of sp³-hybridized carbons (Fsp3) is 0.368. The standard InChI is InChI=1S/C19H22BrN3O2S/c20-16-6-4-15(5-7-16)13-26-14-18(24)22-21-12-17-8-9-19(25-17)23-10-2-1-3-11-23/h4-9,12H,1-3,10-11,13-14H2,(H,22,24)/b21-12+. The summed E-state index contributed by atoms with van der Waals surface area (Å²) in [5, 5.41) is 3.98. The first-order valence-corrected chi connectivity index (χ1v) is 10.6. The molecule has 5 nitrogen and oxygen atoms in total. The summed E-state index contributed by atoms with van der Waals surface area (Å²) in [6, 6.07) is 11.9. The summed E-state index contributed by atoms with van der Waals surface area (Å²) < 4.78 is 6.83. The molecule has 1 saturated heterocycles. The number of piperidine rings is 1. The Balaban J connectivity index is 1.38. The van der Waals surface area contributed by atoms with Crippen molar-refractivity contribution in [3.8, 4) is 0 Å². The molecule has 0 aliphatic carbocycles. The van der Waals surface area contributed by atoms with Gasteiger partial charge in [-0.25, -0.2) is 5.43 Å². The summed E-state index contributed by atoms with van der Waals surface area (Å²) in [5.74, 6) is 2.56. The van der Waals surface area contributed by atoms with Gasteiger partial charge in [-0.3, -0.25) is 4.79 Å². The van der Waals surface area contributed by atoms with E-state index in [4.69, 9.17) is 4.42 Å². The number of carbonyl (C=O) groups is 1. The molecular formula is C19H22BrN3O2S. The third kappa shape index (κ3) is 5.92. The highest BCUT2D eigenvalue weighted by Gasteiger charge is 2.13. The number of hydrogen-bond donors (Lipinski definition) is 1. The maximum atomic E-state index is 11.8. The van der Waals surface area contributed by atoms with Crippen molar-refractivity contribution in [2.75, 3.05) is 23.7 Å². The summed E-state index contributed by atoms with van der Waals surface area (Å²) in [4.78, 5) is 14.1. The van der Waals surface area contributed by atoms with Gasteiger partial charge in [-0.1, -0.05) is 28.1 Å². The van der Waals surface area contributed by atoms with Gasteiger partial charge in [0, 0.05) is 29.4 Å². The van der Waals surface area contributed by atoms with Crippen LogP contribution in [0.5, 0.6) is 0 Å². The molecule has 26 heavy (non-hydrogen) atoms. The Labute approximate surface area is 166 Å². The second-order valence-corrected chi connectivity index (χ2v) is 8.04. The molecule has 0 bridgehead atoms. The molecule has 1 fully saturated rings. The van der Waals surface area contributed by atoms with Crippen molar-refractivity contribution < 1.29 is 9.21 Å². The Bertz CT molecular complexity index is 739.